The molecule has 1 unspecified atom stereocenters. The number of nitrogens with zero attached hydrogens (tertiary/aromatic N) is 1. The van der Waals surface area contributed by atoms with Gasteiger partial charge >= 0.3 is 0 Å². The number of ketones is 1. The number of ether oxygens (including phenoxy) is 1. The number of anilines is 1. The Kier molecular flexibility index (Phi) is 5.11. The molecule has 0 aliphatic heterocycles. The van der Waals surface area contributed by atoms with Crippen LogP contribution in [-0.2, 0) is 4.79 Å². The number of amides is 1. The van der Waals surface area contributed by atoms with Crippen LogP contribution < -0.4 is 10.1 Å². The van der Waals surface area contributed by atoms with Gasteiger partial charge in [-0.05, 0) is 24.6 Å². The van der Waals surface area contributed by atoms with Crippen LogP contribution in [0.1, 0.15) is 15.9 Å². The number of carbonyl (C=O) groups excluding carboxylic acids is 2. The van der Waals surface area contributed by atoms with Crippen LogP contribution in [-0.4, -0.2) is 18.8 Å². The van der Waals surface area contributed by atoms with Crippen LogP contribution >= 0.6 is 0 Å². The highest BCUT2D eigenvalue weighted by atomic mass is 16.5. The van der Waals surface area contributed by atoms with Crippen molar-refractivity contribution in [1.82, 2.24) is 0 Å². The number of nitrogens with one attached hydrogen (secondary N) is 1. The lowest BCUT2D eigenvalue weighted by Gasteiger charge is -2.11. The number of methoxy groups -OCH3 is 1. The Labute approximate surface area is 134 Å². The zero-order valence-electron chi connectivity index (χ0n) is 12.9. The third-order valence-corrected chi connectivity index (χ3v) is 3.40. The fraction of sp³-hybridized carbons (Fsp3) is 0.167. The quantitative estimate of drug-likeness (QED) is 0.680. The van der Waals surface area contributed by atoms with E-state index in [1.165, 1.54) is 7.11 Å². The second kappa shape index (κ2) is 7.23. The van der Waals surface area contributed by atoms with Crippen LogP contribution in [0.15, 0.2) is 48.5 Å². The standard InChI is InChI=1S/C18H16N2O3/c1-12-6-3-4-9-15(12)17(21)16(11-19)18(22)20-13-7-5-8-14(10-13)23-2/h3-10,16H,1-2H3,(H,20,22). The topological polar surface area (TPSA) is 79.2 Å². The van der Waals surface area contributed by atoms with E-state index in [1.54, 1.807) is 61.5 Å². The van der Waals surface area contributed by atoms with Gasteiger partial charge in [0.1, 0.15) is 5.75 Å². The van der Waals surface area contributed by atoms with Crippen LogP contribution in [0.2, 0.25) is 0 Å². The Bertz CT molecular complexity index is 778. The summed E-state index contributed by atoms with van der Waals surface area (Å²) in [5.74, 6) is -2.00. The van der Waals surface area contributed by atoms with E-state index >= 15 is 0 Å². The Balaban J connectivity index is 2.20. The molecule has 5 nitrogen and oxygen atoms in total. The van der Waals surface area contributed by atoms with Crippen molar-refractivity contribution in [2.45, 2.75) is 6.92 Å². The molecule has 1 atom stereocenters. The molecule has 0 aliphatic carbocycles. The number of aryl methyl sites for hydroxylation is 1. The van der Waals surface area contributed by atoms with Gasteiger partial charge in [0.05, 0.1) is 13.2 Å². The highest BCUT2D eigenvalue weighted by molar-refractivity contribution is 6.16. The van der Waals surface area contributed by atoms with Crippen molar-refractivity contribution in [2.24, 2.45) is 5.92 Å². The second-order valence-electron chi connectivity index (χ2n) is 4.96. The Hall–Kier alpha value is -3.13. The predicted octanol–water partition coefficient (Wildman–Crippen LogP) is 2.96. The average molecular weight is 308 g/mol. The molecule has 0 aliphatic rings. The average Bonchev–Trinajstić information content (AvgIpc) is 2.56. The molecule has 23 heavy (non-hydrogen) atoms. The number of hydrogen-bond acceptors (Lipinski definition) is 4. The second-order valence-corrected chi connectivity index (χ2v) is 4.96. The van der Waals surface area contributed by atoms with Crippen molar-refractivity contribution >= 4 is 17.4 Å². The molecule has 0 aromatic heterocycles. The third kappa shape index (κ3) is 3.74. The number of hydrogen-bond donors (Lipinski definition) is 1. The van der Waals surface area contributed by atoms with Gasteiger partial charge in [0, 0.05) is 17.3 Å². The summed E-state index contributed by atoms with van der Waals surface area (Å²) in [4.78, 5) is 24.7. The first kappa shape index (κ1) is 16.2. The Morgan fingerprint density at radius 3 is 2.57 bits per heavy atom. The maximum Gasteiger partial charge on any atom is 0.249 e. The minimum Gasteiger partial charge on any atom is -0.497 e. The monoisotopic (exact) mass is 308 g/mol. The summed E-state index contributed by atoms with van der Waals surface area (Å²) in [6.45, 7) is 1.77. The van der Waals surface area contributed by atoms with Crippen molar-refractivity contribution in [3.63, 3.8) is 0 Å². The van der Waals surface area contributed by atoms with Gasteiger partial charge in [-0.25, -0.2) is 0 Å². The van der Waals surface area contributed by atoms with E-state index in [0.29, 0.717) is 17.0 Å². The smallest absolute Gasteiger partial charge is 0.249 e. The molecule has 2 aromatic carbocycles. The van der Waals surface area contributed by atoms with Gasteiger partial charge in [-0.1, -0.05) is 30.3 Å². The zero-order chi connectivity index (χ0) is 16.8. The Morgan fingerprint density at radius 1 is 1.17 bits per heavy atom. The maximum absolute atomic E-state index is 12.4. The molecule has 116 valence electrons. The fourth-order valence-corrected chi connectivity index (χ4v) is 2.16. The van der Waals surface area contributed by atoms with Gasteiger partial charge in [-0.15, -0.1) is 0 Å². The minimum absolute atomic E-state index is 0.375. The van der Waals surface area contributed by atoms with Gasteiger partial charge in [0.25, 0.3) is 0 Å². The van der Waals surface area contributed by atoms with E-state index in [0.717, 1.165) is 5.56 Å². The van der Waals surface area contributed by atoms with Crippen LogP contribution in [0.5, 0.6) is 5.75 Å². The summed E-state index contributed by atoms with van der Waals surface area (Å²) in [6.07, 6.45) is 0. The van der Waals surface area contributed by atoms with Crippen LogP contribution in [0.4, 0.5) is 5.69 Å². The summed E-state index contributed by atoms with van der Waals surface area (Å²) in [5.41, 5.74) is 1.57. The van der Waals surface area contributed by atoms with Crippen LogP contribution in [0.25, 0.3) is 0 Å². The normalized spacial score (nSPS) is 11.2. The number of rotatable bonds is 5. The molecular formula is C18H16N2O3. The summed E-state index contributed by atoms with van der Waals surface area (Å²) >= 11 is 0. The predicted molar refractivity (Wildman–Crippen MR) is 86.2 cm³/mol. The fourth-order valence-electron chi connectivity index (χ4n) is 2.16. The van der Waals surface area contributed by atoms with E-state index in [-0.39, 0.29) is 0 Å². The van der Waals surface area contributed by atoms with Gasteiger partial charge in [-0.2, -0.15) is 5.26 Å². The van der Waals surface area contributed by atoms with Crippen molar-refractivity contribution in [3.8, 4) is 11.8 Å². The van der Waals surface area contributed by atoms with Gasteiger partial charge in [0.15, 0.2) is 11.7 Å². The van der Waals surface area contributed by atoms with Crippen molar-refractivity contribution in [1.29, 1.82) is 5.26 Å². The first-order chi connectivity index (χ1) is 11.1. The molecule has 2 aromatic rings. The lowest BCUT2D eigenvalue weighted by molar-refractivity contribution is -0.117. The molecule has 0 radical (unpaired) electrons. The molecule has 0 spiro atoms. The zero-order valence-corrected chi connectivity index (χ0v) is 12.9. The molecule has 0 heterocycles. The highest BCUT2D eigenvalue weighted by Gasteiger charge is 2.28. The first-order valence-corrected chi connectivity index (χ1v) is 7.01. The minimum atomic E-state index is -1.40. The largest absolute Gasteiger partial charge is 0.497 e. The molecule has 0 saturated carbocycles. The molecular weight excluding hydrogens is 292 g/mol. The van der Waals surface area contributed by atoms with E-state index in [1.807, 2.05) is 0 Å². The summed E-state index contributed by atoms with van der Waals surface area (Å²) in [6, 6.07) is 15.4. The molecule has 2 rings (SSSR count). The third-order valence-electron chi connectivity index (χ3n) is 3.40. The number of carbonyl (C=O) groups is 2. The van der Waals surface area contributed by atoms with Crippen molar-refractivity contribution < 1.29 is 14.3 Å². The Morgan fingerprint density at radius 2 is 1.91 bits per heavy atom. The highest BCUT2D eigenvalue weighted by Crippen LogP contribution is 2.19. The van der Waals surface area contributed by atoms with Crippen LogP contribution in [0.3, 0.4) is 0 Å². The molecule has 1 amide bonds. The van der Waals surface area contributed by atoms with E-state index < -0.39 is 17.6 Å². The summed E-state index contributed by atoms with van der Waals surface area (Å²) in [5, 5.41) is 11.8. The van der Waals surface area contributed by atoms with Crippen LogP contribution in [0, 0.1) is 24.2 Å². The molecule has 0 saturated heterocycles. The molecule has 0 fully saturated rings. The van der Waals surface area contributed by atoms with Gasteiger partial charge < -0.3 is 10.1 Å². The summed E-state index contributed by atoms with van der Waals surface area (Å²) in [7, 11) is 1.51. The SMILES string of the molecule is COc1cccc(NC(=O)C(C#N)C(=O)c2ccccc2C)c1. The van der Waals surface area contributed by atoms with Gasteiger partial charge in [-0.3, -0.25) is 9.59 Å². The van der Waals surface area contributed by atoms with Crippen molar-refractivity contribution in [2.75, 3.05) is 12.4 Å². The molecule has 1 N–H and O–H groups in total. The maximum atomic E-state index is 12.4. The molecule has 5 heteroatoms. The lowest BCUT2D eigenvalue weighted by atomic mass is 9.95. The number of nitriles is 1. The molecule has 0 bridgehead atoms. The van der Waals surface area contributed by atoms with E-state index in [4.69, 9.17) is 4.74 Å². The first-order valence-electron chi connectivity index (χ1n) is 7.01. The number of benzene rings is 2. The van der Waals surface area contributed by atoms with Gasteiger partial charge in [0.2, 0.25) is 5.91 Å². The van der Waals surface area contributed by atoms with E-state index in [9.17, 15) is 14.9 Å². The van der Waals surface area contributed by atoms with Crippen molar-refractivity contribution in [3.05, 3.63) is 59.7 Å². The lowest BCUT2D eigenvalue weighted by Crippen LogP contribution is -2.29. The van der Waals surface area contributed by atoms with E-state index in [2.05, 4.69) is 5.32 Å². The number of Topliss-reactive ketones (excluding diaryl/α,β-unsaturated/α-hetero) is 1. The summed E-state index contributed by atoms with van der Waals surface area (Å²) < 4.78 is 5.07.